The zero-order valence-corrected chi connectivity index (χ0v) is 15.7. The molecule has 0 amide bonds. The molecule has 0 aliphatic heterocycles. The Bertz CT molecular complexity index is 1030. The van der Waals surface area contributed by atoms with Crippen molar-refractivity contribution in [2.75, 3.05) is 0 Å². The number of fused-ring (bicyclic) bond motifs is 1. The predicted octanol–water partition coefficient (Wildman–Crippen LogP) is 7.47. The van der Waals surface area contributed by atoms with Crippen LogP contribution in [0.5, 0.6) is 0 Å². The van der Waals surface area contributed by atoms with Gasteiger partial charge in [0.2, 0.25) is 0 Å². The number of hydrogen-bond acceptors (Lipinski definition) is 0. The number of hydrogen-bond donors (Lipinski definition) is 0. The molecular formula is C26H24. The highest BCUT2D eigenvalue weighted by Gasteiger charge is 2.13. The van der Waals surface area contributed by atoms with Gasteiger partial charge in [0, 0.05) is 0 Å². The van der Waals surface area contributed by atoms with E-state index < -0.39 is 0 Å². The van der Waals surface area contributed by atoms with Gasteiger partial charge in [0.1, 0.15) is 0 Å². The molecule has 0 bridgehead atoms. The van der Waals surface area contributed by atoms with Crippen molar-refractivity contribution >= 4 is 10.8 Å². The van der Waals surface area contributed by atoms with Crippen LogP contribution in [0, 0.1) is 0 Å². The number of benzene rings is 4. The van der Waals surface area contributed by atoms with Crippen molar-refractivity contribution in [3.63, 3.8) is 0 Å². The first-order valence-corrected chi connectivity index (χ1v) is 9.21. The SMILES string of the molecule is CC(C)(C)c1ccc(-c2ccc(-c3ccc4ccccc4c3)cc2)cc1. The van der Waals surface area contributed by atoms with Gasteiger partial charge in [-0.15, -0.1) is 0 Å². The molecule has 0 atom stereocenters. The minimum absolute atomic E-state index is 0.193. The number of rotatable bonds is 2. The fraction of sp³-hybridized carbons (Fsp3) is 0.154. The first-order chi connectivity index (χ1) is 12.5. The van der Waals surface area contributed by atoms with E-state index in [1.807, 2.05) is 0 Å². The zero-order valence-electron chi connectivity index (χ0n) is 15.7. The summed E-state index contributed by atoms with van der Waals surface area (Å²) in [5.41, 5.74) is 6.61. The maximum atomic E-state index is 2.27. The molecule has 128 valence electrons. The largest absolute Gasteiger partial charge is 0.0616 e. The molecule has 0 N–H and O–H groups in total. The molecule has 0 aliphatic carbocycles. The average Bonchev–Trinajstić information content (AvgIpc) is 2.67. The fourth-order valence-electron chi connectivity index (χ4n) is 3.39. The second kappa shape index (κ2) is 6.46. The summed E-state index contributed by atoms with van der Waals surface area (Å²) in [5, 5.41) is 2.57. The minimum Gasteiger partial charge on any atom is -0.0616 e. The molecule has 4 aromatic carbocycles. The van der Waals surface area contributed by atoms with Crippen LogP contribution in [-0.2, 0) is 5.41 Å². The molecule has 0 spiro atoms. The minimum atomic E-state index is 0.193. The summed E-state index contributed by atoms with van der Waals surface area (Å²) < 4.78 is 0. The first-order valence-electron chi connectivity index (χ1n) is 9.21. The van der Waals surface area contributed by atoms with Crippen LogP contribution < -0.4 is 0 Å². The van der Waals surface area contributed by atoms with Gasteiger partial charge in [0.25, 0.3) is 0 Å². The Kier molecular flexibility index (Phi) is 4.12. The van der Waals surface area contributed by atoms with Crippen LogP contribution in [0.3, 0.4) is 0 Å². The van der Waals surface area contributed by atoms with Crippen LogP contribution in [0.4, 0.5) is 0 Å². The third-order valence-electron chi connectivity index (χ3n) is 5.05. The molecule has 0 nitrogen and oxygen atoms in total. The Labute approximate surface area is 156 Å². The van der Waals surface area contributed by atoms with Crippen LogP contribution in [0.15, 0.2) is 91.0 Å². The van der Waals surface area contributed by atoms with Gasteiger partial charge in [-0.05, 0) is 50.1 Å². The Morgan fingerprint density at radius 1 is 0.462 bits per heavy atom. The van der Waals surface area contributed by atoms with Crippen LogP contribution in [0.2, 0.25) is 0 Å². The lowest BCUT2D eigenvalue weighted by molar-refractivity contribution is 0.590. The molecule has 0 saturated carbocycles. The lowest BCUT2D eigenvalue weighted by atomic mass is 9.86. The smallest absolute Gasteiger partial charge is 0.0132 e. The second-order valence-corrected chi connectivity index (χ2v) is 7.97. The summed E-state index contributed by atoms with van der Waals surface area (Å²) in [6.07, 6.45) is 0. The van der Waals surface area contributed by atoms with Crippen LogP contribution in [-0.4, -0.2) is 0 Å². The van der Waals surface area contributed by atoms with Crippen molar-refractivity contribution in [2.24, 2.45) is 0 Å². The van der Waals surface area contributed by atoms with Gasteiger partial charge in [-0.1, -0.05) is 106 Å². The lowest BCUT2D eigenvalue weighted by Gasteiger charge is -2.19. The third-order valence-corrected chi connectivity index (χ3v) is 5.05. The molecule has 4 aromatic rings. The Morgan fingerprint density at radius 2 is 0.923 bits per heavy atom. The van der Waals surface area contributed by atoms with Gasteiger partial charge in [-0.25, -0.2) is 0 Å². The van der Waals surface area contributed by atoms with Crippen molar-refractivity contribution in [3.8, 4) is 22.3 Å². The molecule has 26 heavy (non-hydrogen) atoms. The van der Waals surface area contributed by atoms with E-state index in [1.165, 1.54) is 38.6 Å². The van der Waals surface area contributed by atoms with Crippen molar-refractivity contribution in [1.82, 2.24) is 0 Å². The van der Waals surface area contributed by atoms with E-state index in [0.29, 0.717) is 0 Å². The highest BCUT2D eigenvalue weighted by Crippen LogP contribution is 2.29. The van der Waals surface area contributed by atoms with Crippen LogP contribution in [0.1, 0.15) is 26.3 Å². The Hall–Kier alpha value is -2.86. The van der Waals surface area contributed by atoms with E-state index in [4.69, 9.17) is 0 Å². The topological polar surface area (TPSA) is 0 Å². The zero-order chi connectivity index (χ0) is 18.1. The van der Waals surface area contributed by atoms with E-state index in [2.05, 4.69) is 112 Å². The van der Waals surface area contributed by atoms with Gasteiger partial charge in [-0.2, -0.15) is 0 Å². The fourth-order valence-corrected chi connectivity index (χ4v) is 3.39. The summed E-state index contributed by atoms with van der Waals surface area (Å²) >= 11 is 0. The summed E-state index contributed by atoms with van der Waals surface area (Å²) in [4.78, 5) is 0. The standard InChI is InChI=1S/C26H24/c1-26(2,3)25-16-14-21(15-17-25)20-8-10-22(11-9-20)24-13-12-19-6-4-5-7-23(19)18-24/h4-18H,1-3H3. The average molecular weight is 336 g/mol. The van der Waals surface area contributed by atoms with E-state index in [-0.39, 0.29) is 5.41 Å². The van der Waals surface area contributed by atoms with Crippen molar-refractivity contribution in [3.05, 3.63) is 96.6 Å². The lowest BCUT2D eigenvalue weighted by Crippen LogP contribution is -2.10. The molecule has 0 radical (unpaired) electrons. The Balaban J connectivity index is 1.63. The first kappa shape index (κ1) is 16.6. The van der Waals surface area contributed by atoms with E-state index in [0.717, 1.165) is 0 Å². The van der Waals surface area contributed by atoms with Crippen molar-refractivity contribution in [1.29, 1.82) is 0 Å². The monoisotopic (exact) mass is 336 g/mol. The highest BCUT2D eigenvalue weighted by atomic mass is 14.2. The summed E-state index contributed by atoms with van der Waals surface area (Å²) in [7, 11) is 0. The van der Waals surface area contributed by atoms with Crippen molar-refractivity contribution < 1.29 is 0 Å². The van der Waals surface area contributed by atoms with Gasteiger partial charge < -0.3 is 0 Å². The molecular weight excluding hydrogens is 312 g/mol. The van der Waals surface area contributed by atoms with E-state index in [1.54, 1.807) is 0 Å². The predicted molar refractivity (Wildman–Crippen MR) is 114 cm³/mol. The molecule has 0 heterocycles. The molecule has 0 aliphatic rings. The summed E-state index contributed by atoms with van der Waals surface area (Å²) in [6, 6.07) is 33.0. The van der Waals surface area contributed by atoms with Gasteiger partial charge >= 0.3 is 0 Å². The van der Waals surface area contributed by atoms with Crippen molar-refractivity contribution in [2.45, 2.75) is 26.2 Å². The second-order valence-electron chi connectivity index (χ2n) is 7.97. The van der Waals surface area contributed by atoms with Gasteiger partial charge in [0.05, 0.1) is 0 Å². The van der Waals surface area contributed by atoms with Crippen LogP contribution >= 0.6 is 0 Å². The molecule has 0 heteroatoms. The molecule has 4 rings (SSSR count). The normalized spacial score (nSPS) is 11.7. The summed E-state index contributed by atoms with van der Waals surface area (Å²) in [5.74, 6) is 0. The molecule has 0 fully saturated rings. The van der Waals surface area contributed by atoms with Gasteiger partial charge in [0.15, 0.2) is 0 Å². The highest BCUT2D eigenvalue weighted by molar-refractivity contribution is 5.87. The third kappa shape index (κ3) is 3.28. The van der Waals surface area contributed by atoms with E-state index in [9.17, 15) is 0 Å². The van der Waals surface area contributed by atoms with Gasteiger partial charge in [-0.3, -0.25) is 0 Å². The van der Waals surface area contributed by atoms with E-state index >= 15 is 0 Å². The molecule has 0 aromatic heterocycles. The molecule has 0 unspecified atom stereocenters. The quantitative estimate of drug-likeness (QED) is 0.356. The molecule has 0 saturated heterocycles. The van der Waals surface area contributed by atoms with Crippen LogP contribution in [0.25, 0.3) is 33.0 Å². The maximum absolute atomic E-state index is 2.27. The maximum Gasteiger partial charge on any atom is -0.0132 e. The summed E-state index contributed by atoms with van der Waals surface area (Å²) in [6.45, 7) is 6.75. The Morgan fingerprint density at radius 3 is 1.50 bits per heavy atom.